The molecule has 2 aromatic rings. The van der Waals surface area contributed by atoms with Crippen molar-refractivity contribution in [3.8, 4) is 0 Å². The highest BCUT2D eigenvalue weighted by Crippen LogP contribution is 2.16. The van der Waals surface area contributed by atoms with E-state index >= 15 is 0 Å². The number of halogens is 1. The van der Waals surface area contributed by atoms with Crippen molar-refractivity contribution in [3.05, 3.63) is 54.0 Å². The molecule has 1 aromatic carbocycles. The van der Waals surface area contributed by atoms with Crippen molar-refractivity contribution in [1.29, 1.82) is 0 Å². The molecule has 1 aliphatic heterocycles. The first-order valence-electron chi connectivity index (χ1n) is 7.67. The average molecular weight is 314 g/mol. The summed E-state index contributed by atoms with van der Waals surface area (Å²) in [4.78, 5) is 18.5. The maximum absolute atomic E-state index is 13.1. The number of pyridine rings is 1. The van der Waals surface area contributed by atoms with Gasteiger partial charge < -0.3 is 15.5 Å². The number of piperazine rings is 1. The maximum atomic E-state index is 13.1. The van der Waals surface area contributed by atoms with Crippen LogP contribution in [0.5, 0.6) is 0 Å². The van der Waals surface area contributed by atoms with Gasteiger partial charge >= 0.3 is 0 Å². The molecule has 5 nitrogen and oxygen atoms in total. The Hall–Kier alpha value is -2.47. The molecule has 1 aromatic heterocycles. The second-order valence-corrected chi connectivity index (χ2v) is 5.49. The van der Waals surface area contributed by atoms with Crippen molar-refractivity contribution in [2.24, 2.45) is 0 Å². The summed E-state index contributed by atoms with van der Waals surface area (Å²) < 4.78 is 13.1. The van der Waals surface area contributed by atoms with Gasteiger partial charge in [0.25, 0.3) is 0 Å². The maximum Gasteiger partial charge on any atom is 0.229 e. The average Bonchev–Trinajstić information content (AvgIpc) is 2.56. The summed E-state index contributed by atoms with van der Waals surface area (Å²) in [6.07, 6.45) is 1.89. The predicted molar refractivity (Wildman–Crippen MR) is 88.1 cm³/mol. The van der Waals surface area contributed by atoms with Crippen LogP contribution in [-0.4, -0.2) is 37.1 Å². The second-order valence-electron chi connectivity index (χ2n) is 5.49. The van der Waals surface area contributed by atoms with Crippen molar-refractivity contribution in [3.63, 3.8) is 0 Å². The van der Waals surface area contributed by atoms with Gasteiger partial charge in [-0.3, -0.25) is 4.79 Å². The summed E-state index contributed by atoms with van der Waals surface area (Å²) in [5.41, 5.74) is 1.69. The van der Waals surface area contributed by atoms with Crippen LogP contribution in [0.4, 0.5) is 15.9 Å². The van der Waals surface area contributed by atoms with Crippen LogP contribution in [0.3, 0.4) is 0 Å². The summed E-state index contributed by atoms with van der Waals surface area (Å²) in [6.45, 7) is 3.83. The zero-order chi connectivity index (χ0) is 16.1. The third-order valence-corrected chi connectivity index (χ3v) is 3.75. The van der Waals surface area contributed by atoms with Crippen LogP contribution >= 0.6 is 0 Å². The van der Waals surface area contributed by atoms with Gasteiger partial charge in [0.15, 0.2) is 0 Å². The normalized spacial score (nSPS) is 14.6. The second kappa shape index (κ2) is 7.19. The van der Waals surface area contributed by atoms with Crippen LogP contribution in [0.2, 0.25) is 0 Å². The van der Waals surface area contributed by atoms with Crippen molar-refractivity contribution >= 4 is 17.4 Å². The zero-order valence-electron chi connectivity index (χ0n) is 12.8. The number of nitrogens with one attached hydrogen (secondary N) is 2. The fourth-order valence-corrected chi connectivity index (χ4v) is 2.59. The number of benzene rings is 1. The molecule has 0 aliphatic carbocycles. The Kier molecular flexibility index (Phi) is 4.83. The van der Waals surface area contributed by atoms with E-state index in [4.69, 9.17) is 0 Å². The molecule has 1 fully saturated rings. The summed E-state index contributed by atoms with van der Waals surface area (Å²) >= 11 is 0. The third-order valence-electron chi connectivity index (χ3n) is 3.75. The van der Waals surface area contributed by atoms with Gasteiger partial charge in [0.2, 0.25) is 5.91 Å². The molecular formula is C17H19FN4O. The van der Waals surface area contributed by atoms with E-state index in [1.165, 1.54) is 12.1 Å². The number of nitrogens with zero attached hydrogens (tertiary/aromatic N) is 2. The number of anilines is 2. The number of rotatable bonds is 4. The molecule has 0 saturated carbocycles. The lowest BCUT2D eigenvalue weighted by Gasteiger charge is -2.29. The fourth-order valence-electron chi connectivity index (χ4n) is 2.59. The smallest absolute Gasteiger partial charge is 0.229 e. The van der Waals surface area contributed by atoms with E-state index in [1.807, 2.05) is 6.07 Å². The molecule has 0 atom stereocenters. The highest BCUT2D eigenvalue weighted by Gasteiger charge is 2.11. The van der Waals surface area contributed by atoms with Crippen molar-refractivity contribution < 1.29 is 9.18 Å². The highest BCUT2D eigenvalue weighted by molar-refractivity contribution is 5.91. The molecule has 6 heteroatoms. The van der Waals surface area contributed by atoms with Gasteiger partial charge in [-0.15, -0.1) is 0 Å². The van der Waals surface area contributed by atoms with Crippen LogP contribution in [0.15, 0.2) is 42.6 Å². The van der Waals surface area contributed by atoms with Crippen LogP contribution in [0, 0.1) is 5.82 Å². The Bertz CT molecular complexity index is 669. The molecule has 3 rings (SSSR count). The largest absolute Gasteiger partial charge is 0.368 e. The van der Waals surface area contributed by atoms with Gasteiger partial charge in [-0.05, 0) is 29.8 Å². The van der Waals surface area contributed by atoms with E-state index in [0.29, 0.717) is 11.4 Å². The first kappa shape index (κ1) is 15.4. The summed E-state index contributed by atoms with van der Waals surface area (Å²) in [5.74, 6) is -0.0443. The van der Waals surface area contributed by atoms with E-state index in [1.54, 1.807) is 24.4 Å². The summed E-state index contributed by atoms with van der Waals surface area (Å²) in [6, 6.07) is 9.79. The molecule has 1 amide bonds. The number of hydrogen-bond donors (Lipinski definition) is 2. The molecule has 0 radical (unpaired) electrons. The van der Waals surface area contributed by atoms with E-state index in [-0.39, 0.29) is 18.1 Å². The number of carbonyl (C=O) groups excluding carboxylic acids is 1. The quantitative estimate of drug-likeness (QED) is 0.904. The van der Waals surface area contributed by atoms with Crippen molar-refractivity contribution in [2.75, 3.05) is 36.4 Å². The van der Waals surface area contributed by atoms with E-state index in [2.05, 4.69) is 20.5 Å². The summed E-state index contributed by atoms with van der Waals surface area (Å²) in [5, 5.41) is 6.04. The van der Waals surface area contributed by atoms with Gasteiger partial charge in [-0.1, -0.05) is 12.1 Å². The van der Waals surface area contributed by atoms with Crippen molar-refractivity contribution in [1.82, 2.24) is 10.3 Å². The number of aromatic nitrogens is 1. The Morgan fingerprint density at radius 1 is 1.26 bits per heavy atom. The molecule has 0 bridgehead atoms. The van der Waals surface area contributed by atoms with Gasteiger partial charge in [0.05, 0.1) is 18.3 Å². The molecular weight excluding hydrogens is 295 g/mol. The number of amides is 1. The Morgan fingerprint density at radius 2 is 2.09 bits per heavy atom. The lowest BCUT2D eigenvalue weighted by Crippen LogP contribution is -2.43. The Labute approximate surface area is 134 Å². The minimum atomic E-state index is -0.339. The number of hydrogen-bond acceptors (Lipinski definition) is 4. The lowest BCUT2D eigenvalue weighted by molar-refractivity contribution is -0.115. The Morgan fingerprint density at radius 3 is 2.78 bits per heavy atom. The Balaban J connectivity index is 1.58. The molecule has 0 spiro atoms. The van der Waals surface area contributed by atoms with Gasteiger partial charge in [-0.25, -0.2) is 9.37 Å². The minimum Gasteiger partial charge on any atom is -0.368 e. The van der Waals surface area contributed by atoms with Crippen LogP contribution in [0.1, 0.15) is 5.56 Å². The molecule has 1 aliphatic rings. The van der Waals surface area contributed by atoms with Crippen LogP contribution in [-0.2, 0) is 11.2 Å². The predicted octanol–water partition coefficient (Wildman–Crippen LogP) is 1.81. The topological polar surface area (TPSA) is 57.3 Å². The van der Waals surface area contributed by atoms with E-state index in [0.717, 1.165) is 31.9 Å². The molecule has 2 heterocycles. The standard InChI is InChI=1S/C17H19FN4O/c18-14-3-1-2-13(10-14)11-17(23)21-16-5-4-15(12-20-16)22-8-6-19-7-9-22/h1-5,10,12,19H,6-9,11H2,(H,20,21,23). The minimum absolute atomic E-state index is 0.124. The molecule has 120 valence electrons. The molecule has 2 N–H and O–H groups in total. The zero-order valence-corrected chi connectivity index (χ0v) is 12.8. The molecule has 23 heavy (non-hydrogen) atoms. The van der Waals surface area contributed by atoms with E-state index < -0.39 is 0 Å². The lowest BCUT2D eigenvalue weighted by atomic mass is 10.1. The SMILES string of the molecule is O=C(Cc1cccc(F)c1)Nc1ccc(N2CCNCC2)cn1. The van der Waals surface area contributed by atoms with Crippen molar-refractivity contribution in [2.45, 2.75) is 6.42 Å². The van der Waals surface area contributed by atoms with Gasteiger partial charge in [0, 0.05) is 26.2 Å². The first-order valence-corrected chi connectivity index (χ1v) is 7.67. The molecule has 1 saturated heterocycles. The van der Waals surface area contributed by atoms with Crippen LogP contribution in [0.25, 0.3) is 0 Å². The highest BCUT2D eigenvalue weighted by atomic mass is 19.1. The first-order chi connectivity index (χ1) is 11.2. The van der Waals surface area contributed by atoms with Crippen LogP contribution < -0.4 is 15.5 Å². The van der Waals surface area contributed by atoms with Gasteiger partial charge in [0.1, 0.15) is 11.6 Å². The molecule has 0 unspecified atom stereocenters. The monoisotopic (exact) mass is 314 g/mol. The fraction of sp³-hybridized carbons (Fsp3) is 0.294. The van der Waals surface area contributed by atoms with Gasteiger partial charge in [-0.2, -0.15) is 0 Å². The van der Waals surface area contributed by atoms with E-state index in [9.17, 15) is 9.18 Å². The number of carbonyl (C=O) groups is 1. The summed E-state index contributed by atoms with van der Waals surface area (Å²) in [7, 11) is 0. The third kappa shape index (κ3) is 4.26.